The molecule has 0 aromatic heterocycles. The second-order valence-corrected chi connectivity index (χ2v) is 4.16. The summed E-state index contributed by atoms with van der Waals surface area (Å²) in [6, 6.07) is 5.81. The van der Waals surface area contributed by atoms with Crippen molar-refractivity contribution in [3.63, 3.8) is 0 Å². The van der Waals surface area contributed by atoms with Crippen molar-refractivity contribution < 1.29 is 9.53 Å². The first-order chi connectivity index (χ1) is 7.20. The van der Waals surface area contributed by atoms with E-state index in [0.717, 1.165) is 29.7 Å². The molecule has 1 heterocycles. The Morgan fingerprint density at radius 2 is 2.27 bits per heavy atom. The lowest BCUT2D eigenvalue weighted by molar-refractivity contribution is 0.0838. The summed E-state index contributed by atoms with van der Waals surface area (Å²) < 4.78 is 5.78. The van der Waals surface area contributed by atoms with E-state index >= 15 is 0 Å². The van der Waals surface area contributed by atoms with Gasteiger partial charge in [0.2, 0.25) is 0 Å². The maximum Gasteiger partial charge on any atom is 0.170 e. The molecule has 1 aromatic carbocycles. The third-order valence-electron chi connectivity index (χ3n) is 2.75. The van der Waals surface area contributed by atoms with Crippen LogP contribution >= 0.6 is 0 Å². The molecule has 15 heavy (non-hydrogen) atoms. The summed E-state index contributed by atoms with van der Waals surface area (Å²) >= 11 is 0. The van der Waals surface area contributed by atoms with Crippen LogP contribution in [0.15, 0.2) is 18.2 Å². The third kappa shape index (κ3) is 2.04. The van der Waals surface area contributed by atoms with Gasteiger partial charge in [0.05, 0.1) is 5.56 Å². The maximum absolute atomic E-state index is 11.8. The summed E-state index contributed by atoms with van der Waals surface area (Å²) in [7, 11) is 0. The van der Waals surface area contributed by atoms with Crippen LogP contribution in [0, 0.1) is 6.92 Å². The van der Waals surface area contributed by atoms with Crippen LogP contribution in [0.4, 0.5) is 0 Å². The maximum atomic E-state index is 11.8. The van der Waals surface area contributed by atoms with Crippen LogP contribution < -0.4 is 4.74 Å². The van der Waals surface area contributed by atoms with E-state index in [-0.39, 0.29) is 11.9 Å². The van der Waals surface area contributed by atoms with E-state index in [9.17, 15) is 4.79 Å². The van der Waals surface area contributed by atoms with E-state index in [2.05, 4.69) is 6.92 Å². The number of hydrogen-bond acceptors (Lipinski definition) is 2. The van der Waals surface area contributed by atoms with Gasteiger partial charge in [-0.2, -0.15) is 0 Å². The number of carbonyl (C=O) groups is 1. The lowest BCUT2D eigenvalue weighted by Gasteiger charge is -2.25. The molecule has 1 unspecified atom stereocenters. The average molecular weight is 204 g/mol. The molecule has 0 bridgehead atoms. The second kappa shape index (κ2) is 4.05. The first-order valence-corrected chi connectivity index (χ1v) is 5.51. The molecule has 1 aliphatic heterocycles. The molecule has 2 heteroatoms. The Balaban J connectivity index is 2.28. The first kappa shape index (κ1) is 10.2. The van der Waals surface area contributed by atoms with Gasteiger partial charge in [-0.05, 0) is 25.5 Å². The van der Waals surface area contributed by atoms with Crippen LogP contribution in [0.3, 0.4) is 0 Å². The van der Waals surface area contributed by atoms with E-state index in [4.69, 9.17) is 4.74 Å². The van der Waals surface area contributed by atoms with E-state index in [1.165, 1.54) is 0 Å². The molecule has 0 fully saturated rings. The largest absolute Gasteiger partial charge is 0.489 e. The van der Waals surface area contributed by atoms with Crippen LogP contribution in [0.2, 0.25) is 0 Å². The highest BCUT2D eigenvalue weighted by molar-refractivity contribution is 6.00. The Morgan fingerprint density at radius 3 is 3.00 bits per heavy atom. The standard InChI is InChI=1S/C13H16O2/c1-3-4-10-8-12(14)11-7-9(2)5-6-13(11)15-10/h5-7,10H,3-4,8H2,1-2H3. The molecule has 2 nitrogen and oxygen atoms in total. The number of carbonyl (C=O) groups excluding carboxylic acids is 1. The summed E-state index contributed by atoms with van der Waals surface area (Å²) in [5.41, 5.74) is 1.86. The molecule has 1 atom stereocenters. The van der Waals surface area contributed by atoms with Gasteiger partial charge >= 0.3 is 0 Å². The number of benzene rings is 1. The van der Waals surface area contributed by atoms with Gasteiger partial charge in [-0.3, -0.25) is 4.79 Å². The van der Waals surface area contributed by atoms with Gasteiger partial charge in [0.15, 0.2) is 5.78 Å². The van der Waals surface area contributed by atoms with Crippen molar-refractivity contribution in [2.75, 3.05) is 0 Å². The van der Waals surface area contributed by atoms with Crippen LogP contribution in [-0.4, -0.2) is 11.9 Å². The smallest absolute Gasteiger partial charge is 0.170 e. The van der Waals surface area contributed by atoms with E-state index in [1.54, 1.807) is 0 Å². The Kier molecular flexibility index (Phi) is 2.76. The van der Waals surface area contributed by atoms with E-state index in [0.29, 0.717) is 6.42 Å². The lowest BCUT2D eigenvalue weighted by atomic mass is 9.97. The van der Waals surface area contributed by atoms with Gasteiger partial charge in [-0.25, -0.2) is 0 Å². The Labute approximate surface area is 90.3 Å². The normalized spacial score (nSPS) is 19.6. The monoisotopic (exact) mass is 204 g/mol. The fraction of sp³-hybridized carbons (Fsp3) is 0.462. The molecular formula is C13H16O2. The summed E-state index contributed by atoms with van der Waals surface area (Å²) in [5.74, 6) is 0.980. The van der Waals surface area contributed by atoms with Gasteiger partial charge < -0.3 is 4.74 Å². The predicted molar refractivity (Wildman–Crippen MR) is 59.5 cm³/mol. The molecule has 0 radical (unpaired) electrons. The van der Waals surface area contributed by atoms with Crippen LogP contribution in [0.25, 0.3) is 0 Å². The molecule has 0 N–H and O–H groups in total. The predicted octanol–water partition coefficient (Wildman–Crippen LogP) is 3.13. The number of rotatable bonds is 2. The van der Waals surface area contributed by atoms with Gasteiger partial charge in [-0.1, -0.05) is 25.0 Å². The van der Waals surface area contributed by atoms with Crippen molar-refractivity contribution in [2.24, 2.45) is 0 Å². The van der Waals surface area contributed by atoms with Crippen molar-refractivity contribution >= 4 is 5.78 Å². The van der Waals surface area contributed by atoms with E-state index < -0.39 is 0 Å². The van der Waals surface area contributed by atoms with Crippen molar-refractivity contribution in [3.05, 3.63) is 29.3 Å². The van der Waals surface area contributed by atoms with E-state index in [1.807, 2.05) is 25.1 Å². The molecule has 0 spiro atoms. The molecule has 1 aliphatic rings. The molecule has 80 valence electrons. The second-order valence-electron chi connectivity index (χ2n) is 4.16. The topological polar surface area (TPSA) is 26.3 Å². The molecule has 0 saturated carbocycles. The van der Waals surface area contributed by atoms with Gasteiger partial charge in [0.1, 0.15) is 11.9 Å². The van der Waals surface area contributed by atoms with Crippen LogP contribution in [0.1, 0.15) is 42.1 Å². The van der Waals surface area contributed by atoms with Gasteiger partial charge in [0, 0.05) is 6.42 Å². The number of fused-ring (bicyclic) bond motifs is 1. The summed E-state index contributed by atoms with van der Waals surface area (Å²) in [6.07, 6.45) is 2.63. The minimum Gasteiger partial charge on any atom is -0.489 e. The Hall–Kier alpha value is -1.31. The fourth-order valence-corrected chi connectivity index (χ4v) is 1.99. The van der Waals surface area contributed by atoms with Gasteiger partial charge in [0.25, 0.3) is 0 Å². The minimum absolute atomic E-state index is 0.0812. The number of ketones is 1. The zero-order valence-corrected chi connectivity index (χ0v) is 9.25. The molecule has 0 aliphatic carbocycles. The van der Waals surface area contributed by atoms with Crippen molar-refractivity contribution in [1.29, 1.82) is 0 Å². The van der Waals surface area contributed by atoms with Crippen molar-refractivity contribution in [1.82, 2.24) is 0 Å². The SMILES string of the molecule is CCCC1CC(=O)c2cc(C)ccc2O1. The highest BCUT2D eigenvalue weighted by atomic mass is 16.5. The number of Topliss-reactive ketones (excluding diaryl/α,β-unsaturated/α-hetero) is 1. The van der Waals surface area contributed by atoms with Crippen molar-refractivity contribution in [3.8, 4) is 5.75 Å². The highest BCUT2D eigenvalue weighted by Gasteiger charge is 2.25. The molecular weight excluding hydrogens is 188 g/mol. The quantitative estimate of drug-likeness (QED) is 0.739. The zero-order chi connectivity index (χ0) is 10.8. The molecule has 1 aromatic rings. The van der Waals surface area contributed by atoms with Gasteiger partial charge in [-0.15, -0.1) is 0 Å². The van der Waals surface area contributed by atoms with Crippen molar-refractivity contribution in [2.45, 2.75) is 39.2 Å². The highest BCUT2D eigenvalue weighted by Crippen LogP contribution is 2.29. The Bertz CT molecular complexity index is 382. The van der Waals surface area contributed by atoms with Crippen LogP contribution in [-0.2, 0) is 0 Å². The summed E-state index contributed by atoms with van der Waals surface area (Å²) in [4.78, 5) is 11.8. The first-order valence-electron chi connectivity index (χ1n) is 5.51. The minimum atomic E-state index is 0.0812. The fourth-order valence-electron chi connectivity index (χ4n) is 1.99. The molecule has 2 rings (SSSR count). The average Bonchev–Trinajstić information content (AvgIpc) is 2.20. The molecule has 0 amide bonds. The third-order valence-corrected chi connectivity index (χ3v) is 2.75. The zero-order valence-electron chi connectivity index (χ0n) is 9.25. The number of aryl methyl sites for hydroxylation is 1. The summed E-state index contributed by atoms with van der Waals surface area (Å²) in [6.45, 7) is 4.10. The number of ether oxygens (including phenoxy) is 1. The van der Waals surface area contributed by atoms with Crippen LogP contribution in [0.5, 0.6) is 5.75 Å². The number of hydrogen-bond donors (Lipinski definition) is 0. The molecule has 0 saturated heterocycles. The lowest BCUT2D eigenvalue weighted by Crippen LogP contribution is -2.26. The summed E-state index contributed by atoms with van der Waals surface area (Å²) in [5, 5.41) is 0. The Morgan fingerprint density at radius 1 is 1.47 bits per heavy atom.